The molecule has 0 aliphatic rings. The summed E-state index contributed by atoms with van der Waals surface area (Å²) < 4.78 is 4.93. The second-order valence-electron chi connectivity index (χ2n) is 6.00. The second-order valence-corrected chi connectivity index (χ2v) is 6.00. The number of aromatic nitrogens is 1. The van der Waals surface area contributed by atoms with Crippen molar-refractivity contribution in [3.8, 4) is 0 Å². The van der Waals surface area contributed by atoms with Crippen LogP contribution in [0.3, 0.4) is 0 Å². The van der Waals surface area contributed by atoms with Crippen LogP contribution in [-0.4, -0.2) is 35.0 Å². The summed E-state index contributed by atoms with van der Waals surface area (Å²) in [6.07, 6.45) is 2.71. The molecular formula is C19H25N3O3. The Hall–Kier alpha value is -2.63. The first-order chi connectivity index (χ1) is 12.0. The van der Waals surface area contributed by atoms with Crippen LogP contribution in [0.1, 0.15) is 48.4 Å². The third-order valence-corrected chi connectivity index (χ3v) is 3.91. The van der Waals surface area contributed by atoms with E-state index in [1.165, 1.54) is 5.56 Å². The number of benzene rings is 1. The number of anilines is 1. The van der Waals surface area contributed by atoms with Crippen LogP contribution in [0.2, 0.25) is 0 Å². The highest BCUT2D eigenvalue weighted by atomic mass is 16.5. The summed E-state index contributed by atoms with van der Waals surface area (Å²) >= 11 is 0. The van der Waals surface area contributed by atoms with E-state index in [0.29, 0.717) is 23.7 Å². The molecule has 1 aromatic heterocycles. The average molecular weight is 343 g/mol. The fourth-order valence-electron chi connectivity index (χ4n) is 2.45. The molecule has 6 heteroatoms. The maximum absolute atomic E-state index is 12.8. The van der Waals surface area contributed by atoms with Crippen molar-refractivity contribution in [1.29, 1.82) is 0 Å². The molecule has 0 saturated carbocycles. The second kappa shape index (κ2) is 9.01. The van der Waals surface area contributed by atoms with E-state index in [4.69, 9.17) is 4.52 Å². The molecule has 1 N–H and O–H groups in total. The van der Waals surface area contributed by atoms with Crippen LogP contribution in [0.15, 0.2) is 34.9 Å². The van der Waals surface area contributed by atoms with E-state index in [9.17, 15) is 9.59 Å². The van der Waals surface area contributed by atoms with Gasteiger partial charge in [-0.2, -0.15) is 0 Å². The molecule has 134 valence electrons. The predicted octanol–water partition coefficient (Wildman–Crippen LogP) is 3.43. The first-order valence-corrected chi connectivity index (χ1v) is 8.64. The van der Waals surface area contributed by atoms with E-state index in [1.807, 2.05) is 24.3 Å². The zero-order chi connectivity index (χ0) is 18.2. The summed E-state index contributed by atoms with van der Waals surface area (Å²) in [5.74, 6) is 0.549. The van der Waals surface area contributed by atoms with Gasteiger partial charge in [-0.3, -0.25) is 9.59 Å². The normalized spacial score (nSPS) is 10.5. The molecule has 0 aliphatic carbocycles. The van der Waals surface area contributed by atoms with Gasteiger partial charge in [0.25, 0.3) is 5.91 Å². The summed E-state index contributed by atoms with van der Waals surface area (Å²) in [6, 6.07) is 9.17. The number of unbranched alkanes of at least 4 members (excludes halogenated alkanes) is 1. The number of carbonyl (C=O) groups excluding carboxylic acids is 2. The molecule has 6 nitrogen and oxygen atoms in total. The number of nitrogens with zero attached hydrogens (tertiary/aromatic N) is 2. The summed E-state index contributed by atoms with van der Waals surface area (Å²) in [5, 5.41) is 6.39. The Morgan fingerprint density at radius 2 is 1.92 bits per heavy atom. The van der Waals surface area contributed by atoms with Crippen LogP contribution in [0.25, 0.3) is 0 Å². The average Bonchev–Trinajstić information content (AvgIpc) is 3.02. The van der Waals surface area contributed by atoms with E-state index in [2.05, 4.69) is 24.3 Å². The minimum atomic E-state index is -0.289. The first kappa shape index (κ1) is 18.7. The maximum Gasteiger partial charge on any atom is 0.254 e. The van der Waals surface area contributed by atoms with Gasteiger partial charge in [0.2, 0.25) is 5.91 Å². The fourth-order valence-corrected chi connectivity index (χ4v) is 2.45. The molecule has 0 fully saturated rings. The quantitative estimate of drug-likeness (QED) is 0.797. The molecule has 0 saturated heterocycles. The molecule has 0 radical (unpaired) electrons. The molecule has 0 atom stereocenters. The van der Waals surface area contributed by atoms with Gasteiger partial charge >= 0.3 is 0 Å². The van der Waals surface area contributed by atoms with E-state index >= 15 is 0 Å². The Bertz CT molecular complexity index is 707. The van der Waals surface area contributed by atoms with Gasteiger partial charge in [-0.05, 0) is 37.5 Å². The van der Waals surface area contributed by atoms with Crippen molar-refractivity contribution in [2.24, 2.45) is 0 Å². The molecule has 1 heterocycles. The molecule has 0 spiro atoms. The lowest BCUT2D eigenvalue weighted by molar-refractivity contribution is -0.117. The number of carbonyl (C=O) groups is 2. The van der Waals surface area contributed by atoms with E-state index in [1.54, 1.807) is 17.9 Å². The van der Waals surface area contributed by atoms with Gasteiger partial charge in [0.1, 0.15) is 12.3 Å². The molecule has 0 unspecified atom stereocenters. The number of hydrogen-bond donors (Lipinski definition) is 1. The molecule has 25 heavy (non-hydrogen) atoms. The Labute approximate surface area is 148 Å². The van der Waals surface area contributed by atoms with Crippen molar-refractivity contribution in [2.75, 3.05) is 18.4 Å². The highest BCUT2D eigenvalue weighted by Gasteiger charge is 2.19. The van der Waals surface area contributed by atoms with Crippen molar-refractivity contribution >= 4 is 17.6 Å². The lowest BCUT2D eigenvalue weighted by atomic mass is 10.1. The SMILES string of the molecule is CCCCN(CC(=O)Nc1cc(C)on1)C(=O)c1ccc(CC)cc1. The largest absolute Gasteiger partial charge is 0.360 e. The predicted molar refractivity (Wildman–Crippen MR) is 96.5 cm³/mol. The Morgan fingerprint density at radius 3 is 2.48 bits per heavy atom. The molecule has 2 amide bonds. The highest BCUT2D eigenvalue weighted by molar-refractivity contribution is 5.99. The first-order valence-electron chi connectivity index (χ1n) is 8.64. The van der Waals surface area contributed by atoms with Crippen LogP contribution in [0.4, 0.5) is 5.82 Å². The topological polar surface area (TPSA) is 75.4 Å². The van der Waals surface area contributed by atoms with Crippen LogP contribution >= 0.6 is 0 Å². The van der Waals surface area contributed by atoms with Crippen LogP contribution in [-0.2, 0) is 11.2 Å². The van der Waals surface area contributed by atoms with Gasteiger partial charge in [0.15, 0.2) is 5.82 Å². The molecule has 2 aromatic rings. The van der Waals surface area contributed by atoms with Gasteiger partial charge in [-0.15, -0.1) is 0 Å². The monoisotopic (exact) mass is 343 g/mol. The molecule has 0 bridgehead atoms. The van der Waals surface area contributed by atoms with Crippen LogP contribution in [0, 0.1) is 6.92 Å². The van der Waals surface area contributed by atoms with Crippen molar-refractivity contribution in [3.05, 3.63) is 47.2 Å². The van der Waals surface area contributed by atoms with Gasteiger partial charge in [-0.1, -0.05) is 37.6 Å². The van der Waals surface area contributed by atoms with Crippen molar-refractivity contribution in [1.82, 2.24) is 10.1 Å². The molecule has 0 aliphatic heterocycles. The molecular weight excluding hydrogens is 318 g/mol. The Balaban J connectivity index is 2.05. The third-order valence-electron chi connectivity index (χ3n) is 3.91. The van der Waals surface area contributed by atoms with Crippen LogP contribution in [0.5, 0.6) is 0 Å². The summed E-state index contributed by atoms with van der Waals surface area (Å²) in [7, 11) is 0. The highest BCUT2D eigenvalue weighted by Crippen LogP contribution is 2.11. The van der Waals surface area contributed by atoms with E-state index in [0.717, 1.165) is 19.3 Å². The number of nitrogens with one attached hydrogen (secondary N) is 1. The number of amides is 2. The molecule has 2 rings (SSSR count). The minimum absolute atomic E-state index is 0.0136. The number of hydrogen-bond acceptors (Lipinski definition) is 4. The lowest BCUT2D eigenvalue weighted by Crippen LogP contribution is -2.38. The maximum atomic E-state index is 12.8. The number of rotatable bonds is 8. The Morgan fingerprint density at radius 1 is 1.20 bits per heavy atom. The van der Waals surface area contributed by atoms with Gasteiger partial charge in [0, 0.05) is 18.2 Å². The summed E-state index contributed by atoms with van der Waals surface area (Å²) in [4.78, 5) is 26.6. The van der Waals surface area contributed by atoms with E-state index in [-0.39, 0.29) is 18.4 Å². The summed E-state index contributed by atoms with van der Waals surface area (Å²) in [5.41, 5.74) is 1.77. The van der Waals surface area contributed by atoms with Crippen molar-refractivity contribution in [2.45, 2.75) is 40.0 Å². The zero-order valence-electron chi connectivity index (χ0n) is 15.0. The fraction of sp³-hybridized carbons (Fsp3) is 0.421. The summed E-state index contributed by atoms with van der Waals surface area (Å²) in [6.45, 7) is 6.40. The van der Waals surface area contributed by atoms with Gasteiger partial charge < -0.3 is 14.7 Å². The van der Waals surface area contributed by atoms with Crippen LogP contribution < -0.4 is 5.32 Å². The standard InChI is InChI=1S/C19H25N3O3/c1-4-6-11-22(13-18(23)20-17-12-14(3)25-21-17)19(24)16-9-7-15(5-2)8-10-16/h7-10,12H,4-6,11,13H2,1-3H3,(H,20,21,23). The van der Waals surface area contributed by atoms with Gasteiger partial charge in [-0.25, -0.2) is 0 Å². The minimum Gasteiger partial charge on any atom is -0.360 e. The van der Waals surface area contributed by atoms with Gasteiger partial charge in [0.05, 0.1) is 0 Å². The molecule has 1 aromatic carbocycles. The third kappa shape index (κ3) is 5.45. The van der Waals surface area contributed by atoms with E-state index < -0.39 is 0 Å². The Kier molecular flexibility index (Phi) is 6.74. The zero-order valence-corrected chi connectivity index (χ0v) is 15.0. The van der Waals surface area contributed by atoms with Crippen molar-refractivity contribution < 1.29 is 14.1 Å². The van der Waals surface area contributed by atoms with Crippen molar-refractivity contribution in [3.63, 3.8) is 0 Å². The lowest BCUT2D eigenvalue weighted by Gasteiger charge is -2.22. The number of aryl methyl sites for hydroxylation is 2. The smallest absolute Gasteiger partial charge is 0.254 e.